The van der Waals surface area contributed by atoms with Gasteiger partial charge in [-0.3, -0.25) is 4.90 Å². The monoisotopic (exact) mass is 742 g/mol. The molecule has 1 fully saturated rings. The molecule has 2 aromatic carbocycles. The molecular weight excluding hydrogens is 714 g/mol. The predicted molar refractivity (Wildman–Crippen MR) is 168 cm³/mol. The molecule has 0 saturated carbocycles. The summed E-state index contributed by atoms with van der Waals surface area (Å²) in [5.41, 5.74) is 4.13. The van der Waals surface area contributed by atoms with E-state index in [0.717, 1.165) is 40.8 Å². The van der Waals surface area contributed by atoms with E-state index in [0.29, 0.717) is 31.0 Å². The summed E-state index contributed by atoms with van der Waals surface area (Å²) in [6.45, 7) is 4.11. The molecule has 0 bridgehead atoms. The highest BCUT2D eigenvalue weighted by molar-refractivity contribution is 8.04. The molecule has 1 aromatic heterocycles. The van der Waals surface area contributed by atoms with E-state index in [2.05, 4.69) is 38.4 Å². The Bertz CT molecular complexity index is 1710. The number of carboxylic acid groups (broad SMARTS) is 2. The molecule has 5 rings (SSSR count). The molecule has 13 nitrogen and oxygen atoms in total. The summed E-state index contributed by atoms with van der Waals surface area (Å²) >= 11 is 1.51. The Balaban J connectivity index is 0.000000424. The van der Waals surface area contributed by atoms with Crippen LogP contribution < -0.4 is 10.1 Å². The number of rotatable bonds is 6. The number of thioether (sulfide) groups is 1. The maximum atomic E-state index is 11.6. The van der Waals surface area contributed by atoms with Gasteiger partial charge in [-0.05, 0) is 29.3 Å². The molecule has 3 N–H and O–H groups in total. The van der Waals surface area contributed by atoms with Gasteiger partial charge in [-0.1, -0.05) is 48.2 Å². The smallest absolute Gasteiger partial charge is 0.475 e. The lowest BCUT2D eigenvalue weighted by atomic mass is 10.1. The maximum Gasteiger partial charge on any atom is 0.490 e. The Hall–Kier alpha value is -5.55. The number of allylic oxidation sites excluding steroid dienone is 1. The van der Waals surface area contributed by atoms with Crippen LogP contribution in [0.2, 0.25) is 0 Å². The van der Waals surface area contributed by atoms with Crippen LogP contribution in [0.25, 0.3) is 5.57 Å². The highest BCUT2D eigenvalue weighted by atomic mass is 32.2. The van der Waals surface area contributed by atoms with Crippen molar-refractivity contribution in [3.63, 3.8) is 0 Å². The fraction of sp³-hybridized carbons (Fsp3) is 0.290. The zero-order valence-corrected chi connectivity index (χ0v) is 27.2. The largest absolute Gasteiger partial charge is 0.490 e. The lowest BCUT2D eigenvalue weighted by Gasteiger charge is -2.33. The summed E-state index contributed by atoms with van der Waals surface area (Å²) in [7, 11) is 1.41. The molecule has 0 aliphatic carbocycles. The first kappa shape index (κ1) is 39.9. The number of nitrogens with zero attached hydrogens (tertiary/aromatic N) is 5. The van der Waals surface area contributed by atoms with Crippen LogP contribution in [0.3, 0.4) is 0 Å². The second-order valence-electron chi connectivity index (χ2n) is 10.2. The van der Waals surface area contributed by atoms with Crippen molar-refractivity contribution in [3.05, 3.63) is 82.6 Å². The molecule has 2 aliphatic rings. The van der Waals surface area contributed by atoms with E-state index in [1.807, 2.05) is 36.4 Å². The minimum Gasteiger partial charge on any atom is -0.475 e. The average Bonchev–Trinajstić information content (AvgIpc) is 3.52. The molecule has 0 atom stereocenters. The molecule has 3 heterocycles. The Morgan fingerprint density at radius 1 is 0.922 bits per heavy atom. The number of nitriles is 1. The van der Waals surface area contributed by atoms with Crippen molar-refractivity contribution in [2.24, 2.45) is 0 Å². The summed E-state index contributed by atoms with van der Waals surface area (Å²) < 4.78 is 74.1. The number of benzene rings is 2. The number of anilines is 1. The minimum atomic E-state index is -5.08. The van der Waals surface area contributed by atoms with Gasteiger partial charge in [0.2, 0.25) is 0 Å². The molecule has 1 saturated heterocycles. The Morgan fingerprint density at radius 3 is 2.02 bits per heavy atom. The van der Waals surface area contributed by atoms with Crippen molar-refractivity contribution in [2.75, 3.05) is 38.6 Å². The summed E-state index contributed by atoms with van der Waals surface area (Å²) in [5.74, 6) is -5.51. The van der Waals surface area contributed by atoms with Gasteiger partial charge in [-0.15, -0.1) is 0 Å². The number of hydrogen-bond donors (Lipinski definition) is 3. The number of methoxy groups -OCH3 is 1. The van der Waals surface area contributed by atoms with Crippen LogP contribution in [0, 0.1) is 11.3 Å². The van der Waals surface area contributed by atoms with Crippen LogP contribution in [-0.4, -0.2) is 93.7 Å². The second-order valence-corrected chi connectivity index (χ2v) is 11.3. The number of hydrogen-bond acceptors (Lipinski definition) is 11. The Labute approximate surface area is 290 Å². The SMILES string of the molecule is COC(=O)N1CCN(Cc2ccc(COc3nccc(C(C#N)=C4Nc5ccccc5S4)n3)cc2)CC1.O=C(O)C(F)(F)F.O=C(O)C(F)(F)F. The first-order valence-electron chi connectivity index (χ1n) is 14.4. The molecule has 2 aliphatic heterocycles. The van der Waals surface area contributed by atoms with Crippen molar-refractivity contribution < 1.29 is 60.4 Å². The van der Waals surface area contributed by atoms with Gasteiger partial charge in [-0.25, -0.2) is 19.4 Å². The quantitative estimate of drug-likeness (QED) is 0.210. The number of carboxylic acids is 2. The van der Waals surface area contributed by atoms with Crippen molar-refractivity contribution in [3.8, 4) is 12.1 Å². The van der Waals surface area contributed by atoms with Crippen LogP contribution >= 0.6 is 11.8 Å². The fourth-order valence-electron chi connectivity index (χ4n) is 4.17. The van der Waals surface area contributed by atoms with Gasteiger partial charge >= 0.3 is 36.4 Å². The topological polar surface area (TPSA) is 178 Å². The van der Waals surface area contributed by atoms with Crippen LogP contribution in [-0.2, 0) is 27.5 Å². The third kappa shape index (κ3) is 12.4. The minimum absolute atomic E-state index is 0.221. The number of aromatic nitrogens is 2. The lowest BCUT2D eigenvalue weighted by Crippen LogP contribution is -2.48. The Kier molecular flexibility index (Phi) is 14.0. The third-order valence-electron chi connectivity index (χ3n) is 6.66. The van der Waals surface area contributed by atoms with Crippen molar-refractivity contribution in [2.45, 2.75) is 30.4 Å². The normalized spacial score (nSPS) is 15.0. The molecule has 0 unspecified atom stereocenters. The van der Waals surface area contributed by atoms with E-state index in [4.69, 9.17) is 29.3 Å². The van der Waals surface area contributed by atoms with Crippen LogP contribution in [0.1, 0.15) is 16.8 Å². The van der Waals surface area contributed by atoms with Crippen molar-refractivity contribution in [1.29, 1.82) is 5.26 Å². The van der Waals surface area contributed by atoms with Gasteiger partial charge < -0.3 is 29.9 Å². The molecule has 0 spiro atoms. The standard InChI is InChI=1S/C27H26N6O3S.2C2HF3O2/c1-35-27(34)33-14-12-32(13-15-33)17-19-6-8-20(9-7-19)18-36-26-29-11-10-22(31-26)21(16-28)25-30-23-4-2-3-5-24(23)37-25;2*3-2(4,5)1(6)7/h2-11,30H,12-15,17-18H2,1H3;2*(H,6,7). The van der Waals surface area contributed by atoms with E-state index >= 15 is 0 Å². The number of piperazine rings is 1. The molecule has 51 heavy (non-hydrogen) atoms. The van der Waals surface area contributed by atoms with E-state index < -0.39 is 24.3 Å². The first-order chi connectivity index (χ1) is 24.0. The number of para-hydroxylation sites is 1. The van der Waals surface area contributed by atoms with Crippen molar-refractivity contribution >= 4 is 41.1 Å². The number of fused-ring (bicyclic) bond motifs is 1. The number of nitrogens with one attached hydrogen (secondary N) is 1. The third-order valence-corrected chi connectivity index (χ3v) is 7.75. The van der Waals surface area contributed by atoms with Crippen LogP contribution in [0.15, 0.2) is 70.7 Å². The van der Waals surface area contributed by atoms with Gasteiger partial charge in [0.15, 0.2) is 0 Å². The highest BCUT2D eigenvalue weighted by Crippen LogP contribution is 2.43. The fourth-order valence-corrected chi connectivity index (χ4v) is 5.18. The predicted octanol–water partition coefficient (Wildman–Crippen LogP) is 5.62. The number of aliphatic carboxylic acids is 2. The molecule has 0 radical (unpaired) electrons. The first-order valence-corrected chi connectivity index (χ1v) is 15.2. The van der Waals surface area contributed by atoms with E-state index in [1.54, 1.807) is 17.2 Å². The van der Waals surface area contributed by atoms with Gasteiger partial charge in [0.25, 0.3) is 0 Å². The van der Waals surface area contributed by atoms with Gasteiger partial charge in [0, 0.05) is 43.8 Å². The van der Waals surface area contributed by atoms with E-state index in [-0.39, 0.29) is 12.1 Å². The number of carbonyl (C=O) groups excluding carboxylic acids is 1. The molecule has 1 amide bonds. The van der Waals surface area contributed by atoms with Crippen LogP contribution in [0.4, 0.5) is 36.8 Å². The average molecular weight is 743 g/mol. The zero-order valence-electron chi connectivity index (χ0n) is 26.4. The number of amides is 1. The molecule has 20 heteroatoms. The summed E-state index contributed by atoms with van der Waals surface area (Å²) in [6.07, 6.45) is -8.83. The van der Waals surface area contributed by atoms with E-state index in [9.17, 15) is 36.4 Å². The number of alkyl halides is 6. The van der Waals surface area contributed by atoms with Crippen LogP contribution in [0.5, 0.6) is 6.01 Å². The summed E-state index contributed by atoms with van der Waals surface area (Å²) in [6, 6.07) is 20.4. The zero-order chi connectivity index (χ0) is 37.8. The number of ether oxygens (including phenoxy) is 2. The molecule has 3 aromatic rings. The summed E-state index contributed by atoms with van der Waals surface area (Å²) in [5, 5.41) is 28.1. The molecular formula is C31H28F6N6O7S. The van der Waals surface area contributed by atoms with Gasteiger partial charge in [0.05, 0.1) is 23.5 Å². The highest BCUT2D eigenvalue weighted by Gasteiger charge is 2.39. The second kappa shape index (κ2) is 17.9. The number of halogens is 6. The van der Waals surface area contributed by atoms with Crippen molar-refractivity contribution in [1.82, 2.24) is 19.8 Å². The van der Waals surface area contributed by atoms with Gasteiger partial charge in [0.1, 0.15) is 18.2 Å². The summed E-state index contributed by atoms with van der Waals surface area (Å²) in [4.78, 5) is 43.3. The Morgan fingerprint density at radius 2 is 1.49 bits per heavy atom. The number of carbonyl (C=O) groups is 3. The maximum absolute atomic E-state index is 11.6. The van der Waals surface area contributed by atoms with E-state index in [1.165, 1.54) is 24.4 Å². The molecule has 272 valence electrons. The van der Waals surface area contributed by atoms with Gasteiger partial charge in [-0.2, -0.15) is 36.6 Å². The lowest BCUT2D eigenvalue weighted by molar-refractivity contribution is -0.193.